The fraction of sp³-hybridized carbons (Fsp3) is 0.208. The van der Waals surface area contributed by atoms with Crippen LogP contribution in [0.25, 0.3) is 0 Å². The van der Waals surface area contributed by atoms with Gasteiger partial charge in [0.1, 0.15) is 17.2 Å². The molecule has 3 aromatic carbocycles. The quantitative estimate of drug-likeness (QED) is 0.652. The van der Waals surface area contributed by atoms with E-state index >= 15 is 0 Å². The molecule has 1 saturated heterocycles. The third-order valence-electron chi connectivity index (χ3n) is 5.37. The minimum absolute atomic E-state index is 0.0693. The van der Waals surface area contributed by atoms with Gasteiger partial charge in [0.2, 0.25) is 0 Å². The number of carbonyl (C=O) groups excluding carboxylic acids is 1. The first kappa shape index (κ1) is 19.3. The minimum Gasteiger partial charge on any atom is -0.336 e. The number of hydrogen-bond donors (Lipinski definition) is 0. The summed E-state index contributed by atoms with van der Waals surface area (Å²) in [5, 5.41) is 0. The summed E-state index contributed by atoms with van der Waals surface area (Å²) in [4.78, 5) is 16.5. The van der Waals surface area contributed by atoms with Crippen molar-refractivity contribution in [2.45, 2.75) is 6.04 Å². The summed E-state index contributed by atoms with van der Waals surface area (Å²) < 4.78 is 28.0. The number of nitrogens with zero attached hydrogens (tertiary/aromatic N) is 2. The Hall–Kier alpha value is -3.05. The lowest BCUT2D eigenvalue weighted by Gasteiger charge is -2.39. The largest absolute Gasteiger partial charge is 0.336 e. The monoisotopic (exact) mass is 392 g/mol. The number of benzene rings is 3. The molecule has 0 aromatic heterocycles. The Morgan fingerprint density at radius 2 is 1.17 bits per heavy atom. The molecule has 1 aliphatic rings. The van der Waals surface area contributed by atoms with Gasteiger partial charge in [-0.05, 0) is 23.3 Å². The number of hydrogen-bond acceptors (Lipinski definition) is 2. The average molecular weight is 392 g/mol. The summed E-state index contributed by atoms with van der Waals surface area (Å²) in [6, 6.07) is 24.0. The third-order valence-corrected chi connectivity index (χ3v) is 5.37. The summed E-state index contributed by atoms with van der Waals surface area (Å²) in [6.07, 6.45) is 0. The third kappa shape index (κ3) is 4.05. The second-order valence-corrected chi connectivity index (χ2v) is 7.15. The maximum atomic E-state index is 14.0. The van der Waals surface area contributed by atoms with Crippen molar-refractivity contribution < 1.29 is 13.6 Å². The smallest absolute Gasteiger partial charge is 0.259 e. The Morgan fingerprint density at radius 1 is 0.690 bits per heavy atom. The molecule has 0 bridgehead atoms. The van der Waals surface area contributed by atoms with Crippen molar-refractivity contribution >= 4 is 5.91 Å². The van der Waals surface area contributed by atoms with Crippen molar-refractivity contribution in [1.29, 1.82) is 0 Å². The lowest BCUT2D eigenvalue weighted by molar-refractivity contribution is 0.0588. The highest BCUT2D eigenvalue weighted by molar-refractivity contribution is 5.94. The average Bonchev–Trinajstić information content (AvgIpc) is 2.76. The maximum Gasteiger partial charge on any atom is 0.259 e. The summed E-state index contributed by atoms with van der Waals surface area (Å²) in [7, 11) is 0. The van der Waals surface area contributed by atoms with Crippen LogP contribution in [0.3, 0.4) is 0 Å². The van der Waals surface area contributed by atoms with Gasteiger partial charge < -0.3 is 4.90 Å². The lowest BCUT2D eigenvalue weighted by Crippen LogP contribution is -2.50. The van der Waals surface area contributed by atoms with E-state index in [9.17, 15) is 13.6 Å². The Labute approximate surface area is 169 Å². The SMILES string of the molecule is O=C(c1c(F)cccc1F)N1CCN(C(c2ccccc2)c2ccccc2)CC1. The van der Waals surface area contributed by atoms with Gasteiger partial charge in [0, 0.05) is 26.2 Å². The predicted molar refractivity (Wildman–Crippen MR) is 109 cm³/mol. The molecule has 5 heteroatoms. The van der Waals surface area contributed by atoms with E-state index in [4.69, 9.17) is 0 Å². The number of piperazine rings is 1. The molecule has 3 nitrogen and oxygen atoms in total. The van der Waals surface area contributed by atoms with Crippen LogP contribution in [0, 0.1) is 11.6 Å². The van der Waals surface area contributed by atoms with E-state index in [1.165, 1.54) is 22.1 Å². The normalized spacial score (nSPS) is 14.9. The molecule has 1 fully saturated rings. The molecular formula is C24H22F2N2O. The topological polar surface area (TPSA) is 23.6 Å². The molecule has 0 saturated carbocycles. The fourth-order valence-electron chi connectivity index (χ4n) is 3.93. The molecular weight excluding hydrogens is 370 g/mol. The standard InChI is InChI=1S/C24H22F2N2O/c25-20-12-7-13-21(26)22(20)24(29)28-16-14-27(15-17-28)23(18-8-3-1-4-9-18)19-10-5-2-6-11-19/h1-13,23H,14-17H2. The van der Waals surface area contributed by atoms with Gasteiger partial charge >= 0.3 is 0 Å². The van der Waals surface area contributed by atoms with Crippen molar-refractivity contribution in [1.82, 2.24) is 9.80 Å². The van der Waals surface area contributed by atoms with Crippen LogP contribution in [0.5, 0.6) is 0 Å². The summed E-state index contributed by atoms with van der Waals surface area (Å²) >= 11 is 0. The van der Waals surface area contributed by atoms with Crippen LogP contribution in [0.2, 0.25) is 0 Å². The van der Waals surface area contributed by atoms with Crippen LogP contribution in [0.4, 0.5) is 8.78 Å². The molecule has 148 valence electrons. The molecule has 3 aromatic rings. The summed E-state index contributed by atoms with van der Waals surface area (Å²) in [5.41, 5.74) is 1.89. The highest BCUT2D eigenvalue weighted by Crippen LogP contribution is 2.29. The van der Waals surface area contributed by atoms with E-state index in [0.29, 0.717) is 26.2 Å². The molecule has 1 amide bonds. The van der Waals surface area contributed by atoms with Crippen molar-refractivity contribution in [3.8, 4) is 0 Å². The first-order valence-corrected chi connectivity index (χ1v) is 9.72. The Bertz CT molecular complexity index is 911. The zero-order valence-electron chi connectivity index (χ0n) is 16.0. The number of rotatable bonds is 4. The van der Waals surface area contributed by atoms with Crippen LogP contribution < -0.4 is 0 Å². The van der Waals surface area contributed by atoms with Gasteiger partial charge in [0.15, 0.2) is 0 Å². The number of carbonyl (C=O) groups is 1. The molecule has 1 aliphatic heterocycles. The van der Waals surface area contributed by atoms with E-state index < -0.39 is 23.1 Å². The Morgan fingerprint density at radius 3 is 1.66 bits per heavy atom. The molecule has 0 atom stereocenters. The zero-order valence-corrected chi connectivity index (χ0v) is 16.0. The molecule has 0 N–H and O–H groups in total. The second-order valence-electron chi connectivity index (χ2n) is 7.15. The van der Waals surface area contributed by atoms with Gasteiger partial charge in [-0.15, -0.1) is 0 Å². The van der Waals surface area contributed by atoms with Gasteiger partial charge in [-0.1, -0.05) is 66.7 Å². The number of amides is 1. The lowest BCUT2D eigenvalue weighted by atomic mass is 9.96. The van der Waals surface area contributed by atoms with E-state index in [1.807, 2.05) is 36.4 Å². The van der Waals surface area contributed by atoms with Gasteiger partial charge in [0.25, 0.3) is 5.91 Å². The van der Waals surface area contributed by atoms with Crippen molar-refractivity contribution in [2.24, 2.45) is 0 Å². The van der Waals surface area contributed by atoms with Crippen LogP contribution in [0.1, 0.15) is 27.5 Å². The van der Waals surface area contributed by atoms with Crippen LogP contribution in [0.15, 0.2) is 78.9 Å². The molecule has 1 heterocycles. The molecule has 0 spiro atoms. The van der Waals surface area contributed by atoms with Crippen molar-refractivity contribution in [2.75, 3.05) is 26.2 Å². The molecule has 4 rings (SSSR count). The summed E-state index contributed by atoms with van der Waals surface area (Å²) in [5.74, 6) is -2.22. The Balaban J connectivity index is 1.53. The number of halogens is 2. The van der Waals surface area contributed by atoms with E-state index in [1.54, 1.807) is 0 Å². The van der Waals surface area contributed by atoms with Crippen LogP contribution >= 0.6 is 0 Å². The highest BCUT2D eigenvalue weighted by atomic mass is 19.1. The fourth-order valence-corrected chi connectivity index (χ4v) is 3.93. The van der Waals surface area contributed by atoms with E-state index in [0.717, 1.165) is 12.1 Å². The second kappa shape index (κ2) is 8.53. The zero-order chi connectivity index (χ0) is 20.2. The van der Waals surface area contributed by atoms with Gasteiger partial charge in [-0.3, -0.25) is 9.69 Å². The first-order chi connectivity index (χ1) is 14.1. The van der Waals surface area contributed by atoms with Crippen molar-refractivity contribution in [3.05, 3.63) is 107 Å². The molecule has 0 unspecified atom stereocenters. The maximum absolute atomic E-state index is 14.0. The van der Waals surface area contributed by atoms with E-state index in [-0.39, 0.29) is 6.04 Å². The molecule has 0 radical (unpaired) electrons. The molecule has 29 heavy (non-hydrogen) atoms. The van der Waals surface area contributed by atoms with Crippen LogP contribution in [-0.2, 0) is 0 Å². The van der Waals surface area contributed by atoms with Gasteiger partial charge in [0.05, 0.1) is 6.04 Å². The highest BCUT2D eigenvalue weighted by Gasteiger charge is 2.30. The van der Waals surface area contributed by atoms with Gasteiger partial charge in [-0.25, -0.2) is 8.78 Å². The van der Waals surface area contributed by atoms with Gasteiger partial charge in [-0.2, -0.15) is 0 Å². The molecule has 0 aliphatic carbocycles. The van der Waals surface area contributed by atoms with E-state index in [2.05, 4.69) is 29.2 Å². The first-order valence-electron chi connectivity index (χ1n) is 9.72. The minimum atomic E-state index is -0.816. The Kier molecular flexibility index (Phi) is 5.67. The summed E-state index contributed by atoms with van der Waals surface area (Å²) in [6.45, 7) is 2.08. The van der Waals surface area contributed by atoms with Crippen molar-refractivity contribution in [3.63, 3.8) is 0 Å². The predicted octanol–water partition coefficient (Wildman–Crippen LogP) is 4.51. The van der Waals surface area contributed by atoms with Crippen LogP contribution in [-0.4, -0.2) is 41.9 Å².